The molecule has 0 bridgehead atoms. The van der Waals surface area contributed by atoms with E-state index in [1.54, 1.807) is 0 Å². The lowest BCUT2D eigenvalue weighted by Crippen LogP contribution is -2.11. The number of unbranched alkanes of at least 4 members (excludes halogenated alkanes) is 18. The van der Waals surface area contributed by atoms with Crippen LogP contribution in [0.3, 0.4) is 0 Å². The monoisotopic (exact) mass is 380 g/mol. The summed E-state index contributed by atoms with van der Waals surface area (Å²) in [6, 6.07) is 0. The fraction of sp³-hybridized carbons (Fsp3) is 1.00. The van der Waals surface area contributed by atoms with Gasteiger partial charge in [-0.25, -0.2) is 0 Å². The van der Waals surface area contributed by atoms with Gasteiger partial charge in [-0.3, -0.25) is 0 Å². The van der Waals surface area contributed by atoms with Gasteiger partial charge in [0, 0.05) is 0 Å². The van der Waals surface area contributed by atoms with Crippen molar-refractivity contribution in [2.45, 2.75) is 169 Å². The van der Waals surface area contributed by atoms with E-state index in [0.717, 1.165) is 0 Å². The Morgan fingerprint density at radius 3 is 0.815 bits per heavy atom. The van der Waals surface area contributed by atoms with E-state index in [1.807, 2.05) is 0 Å². The SMILES string of the molecule is CCCCCCCCCCCCCCCCCC(C)(C)CCCCCCC. The smallest absolute Gasteiger partial charge is 0.0354 e. The third-order valence-electron chi connectivity index (χ3n) is 6.41. The third-order valence-corrected chi connectivity index (χ3v) is 6.41. The molecule has 27 heavy (non-hydrogen) atoms. The van der Waals surface area contributed by atoms with Crippen LogP contribution in [-0.2, 0) is 0 Å². The Kier molecular flexibility index (Phi) is 20.7. The van der Waals surface area contributed by atoms with Gasteiger partial charge in [0.1, 0.15) is 0 Å². The quantitative estimate of drug-likeness (QED) is 0.164. The summed E-state index contributed by atoms with van der Waals surface area (Å²) in [5.41, 5.74) is 0.586. The molecule has 0 radical (unpaired) electrons. The number of rotatable bonds is 22. The average Bonchev–Trinajstić information content (AvgIpc) is 2.64. The molecule has 0 nitrogen and oxygen atoms in total. The van der Waals surface area contributed by atoms with Gasteiger partial charge in [0.25, 0.3) is 0 Å². The van der Waals surface area contributed by atoms with Crippen LogP contribution in [0, 0.1) is 5.41 Å². The van der Waals surface area contributed by atoms with Gasteiger partial charge < -0.3 is 0 Å². The van der Waals surface area contributed by atoms with E-state index >= 15 is 0 Å². The van der Waals surface area contributed by atoms with Gasteiger partial charge in [-0.1, -0.05) is 156 Å². The van der Waals surface area contributed by atoms with Gasteiger partial charge in [-0.2, -0.15) is 0 Å². The van der Waals surface area contributed by atoms with Crippen LogP contribution in [0.25, 0.3) is 0 Å². The minimum Gasteiger partial charge on any atom is -0.0654 e. The van der Waals surface area contributed by atoms with E-state index in [4.69, 9.17) is 0 Å². The van der Waals surface area contributed by atoms with Crippen LogP contribution in [-0.4, -0.2) is 0 Å². The Hall–Kier alpha value is 0. The fourth-order valence-corrected chi connectivity index (χ4v) is 4.31. The van der Waals surface area contributed by atoms with Crippen molar-refractivity contribution >= 4 is 0 Å². The first-order valence-electron chi connectivity index (χ1n) is 13.1. The first kappa shape index (κ1) is 27.0. The summed E-state index contributed by atoms with van der Waals surface area (Å²) in [6.45, 7) is 9.60. The standard InChI is InChI=1S/C27H56/c1-5-7-9-11-12-13-14-15-16-17-18-19-20-22-24-26-27(3,4)25-23-21-10-8-6-2/h5-26H2,1-4H3. The second kappa shape index (κ2) is 20.7. The highest BCUT2D eigenvalue weighted by atomic mass is 14.2. The Labute approximate surface area is 174 Å². The molecule has 0 amide bonds. The second-order valence-electron chi connectivity index (χ2n) is 10.0. The Balaban J connectivity index is 3.23. The highest BCUT2D eigenvalue weighted by Gasteiger charge is 2.16. The van der Waals surface area contributed by atoms with E-state index in [0.29, 0.717) is 5.41 Å². The zero-order chi connectivity index (χ0) is 20.1. The van der Waals surface area contributed by atoms with Crippen LogP contribution in [0.4, 0.5) is 0 Å². The summed E-state index contributed by atoms with van der Waals surface area (Å²) >= 11 is 0. The summed E-state index contributed by atoms with van der Waals surface area (Å²) in [5, 5.41) is 0. The summed E-state index contributed by atoms with van der Waals surface area (Å²) in [6.07, 6.45) is 32.1. The van der Waals surface area contributed by atoms with Crippen molar-refractivity contribution in [2.24, 2.45) is 5.41 Å². The molecule has 0 aromatic heterocycles. The van der Waals surface area contributed by atoms with Crippen molar-refractivity contribution in [2.75, 3.05) is 0 Å². The van der Waals surface area contributed by atoms with Crippen LogP contribution in [0.15, 0.2) is 0 Å². The molecule has 0 saturated heterocycles. The van der Waals surface area contributed by atoms with Gasteiger partial charge in [-0.05, 0) is 18.3 Å². The molecule has 0 atom stereocenters. The van der Waals surface area contributed by atoms with Gasteiger partial charge in [0.05, 0.1) is 0 Å². The Morgan fingerprint density at radius 1 is 0.333 bits per heavy atom. The van der Waals surface area contributed by atoms with Crippen LogP contribution < -0.4 is 0 Å². The Morgan fingerprint density at radius 2 is 0.556 bits per heavy atom. The lowest BCUT2D eigenvalue weighted by molar-refractivity contribution is 0.282. The van der Waals surface area contributed by atoms with Crippen molar-refractivity contribution in [1.29, 1.82) is 0 Å². The third kappa shape index (κ3) is 22.2. The minimum absolute atomic E-state index is 0.586. The normalized spacial score (nSPS) is 12.0. The maximum atomic E-state index is 2.50. The molecule has 0 spiro atoms. The van der Waals surface area contributed by atoms with Crippen LogP contribution in [0.2, 0.25) is 0 Å². The number of hydrogen-bond donors (Lipinski definition) is 0. The maximum absolute atomic E-state index is 2.50. The van der Waals surface area contributed by atoms with E-state index < -0.39 is 0 Å². The molecule has 0 aliphatic heterocycles. The first-order valence-corrected chi connectivity index (χ1v) is 13.1. The molecule has 0 aromatic carbocycles. The largest absolute Gasteiger partial charge is 0.0654 e. The molecule has 0 aliphatic rings. The molecule has 0 heterocycles. The van der Waals surface area contributed by atoms with Crippen LogP contribution >= 0.6 is 0 Å². The molecule has 0 saturated carbocycles. The molecular formula is C27H56. The highest BCUT2D eigenvalue weighted by Crippen LogP contribution is 2.30. The highest BCUT2D eigenvalue weighted by molar-refractivity contribution is 4.68. The summed E-state index contributed by atoms with van der Waals surface area (Å²) in [5.74, 6) is 0. The van der Waals surface area contributed by atoms with Crippen molar-refractivity contribution in [3.05, 3.63) is 0 Å². The topological polar surface area (TPSA) is 0 Å². The second-order valence-corrected chi connectivity index (χ2v) is 10.0. The lowest BCUT2D eigenvalue weighted by Gasteiger charge is -2.24. The van der Waals surface area contributed by atoms with E-state index in [9.17, 15) is 0 Å². The predicted octanol–water partition coefficient (Wildman–Crippen LogP) is 10.6. The Bertz CT molecular complexity index is 265. The van der Waals surface area contributed by atoms with Crippen LogP contribution in [0.1, 0.15) is 169 Å². The van der Waals surface area contributed by atoms with Gasteiger partial charge in [0.2, 0.25) is 0 Å². The van der Waals surface area contributed by atoms with Gasteiger partial charge in [0.15, 0.2) is 0 Å². The number of hydrogen-bond acceptors (Lipinski definition) is 0. The zero-order valence-electron chi connectivity index (χ0n) is 20.1. The molecule has 0 unspecified atom stereocenters. The van der Waals surface area contributed by atoms with Crippen molar-refractivity contribution in [3.8, 4) is 0 Å². The first-order chi connectivity index (χ1) is 13.1. The molecule has 0 aromatic rings. The average molecular weight is 381 g/mol. The van der Waals surface area contributed by atoms with Crippen LogP contribution in [0.5, 0.6) is 0 Å². The van der Waals surface area contributed by atoms with E-state index in [-0.39, 0.29) is 0 Å². The molecule has 0 rings (SSSR count). The van der Waals surface area contributed by atoms with Gasteiger partial charge in [-0.15, -0.1) is 0 Å². The lowest BCUT2D eigenvalue weighted by atomic mass is 9.82. The molecular weight excluding hydrogens is 324 g/mol. The predicted molar refractivity (Wildman–Crippen MR) is 127 cm³/mol. The zero-order valence-corrected chi connectivity index (χ0v) is 20.1. The fourth-order valence-electron chi connectivity index (χ4n) is 4.31. The maximum Gasteiger partial charge on any atom is -0.0354 e. The molecule has 0 heteroatoms. The van der Waals surface area contributed by atoms with E-state index in [1.165, 1.54) is 141 Å². The van der Waals surface area contributed by atoms with E-state index in [2.05, 4.69) is 27.7 Å². The van der Waals surface area contributed by atoms with Crippen molar-refractivity contribution in [3.63, 3.8) is 0 Å². The summed E-state index contributed by atoms with van der Waals surface area (Å²) in [4.78, 5) is 0. The molecule has 0 N–H and O–H groups in total. The minimum atomic E-state index is 0.586. The summed E-state index contributed by atoms with van der Waals surface area (Å²) < 4.78 is 0. The van der Waals surface area contributed by atoms with Crippen molar-refractivity contribution < 1.29 is 0 Å². The molecule has 0 aliphatic carbocycles. The molecule has 0 fully saturated rings. The molecule has 164 valence electrons. The summed E-state index contributed by atoms with van der Waals surface area (Å²) in [7, 11) is 0. The van der Waals surface area contributed by atoms with Crippen molar-refractivity contribution in [1.82, 2.24) is 0 Å². The van der Waals surface area contributed by atoms with Gasteiger partial charge >= 0.3 is 0 Å².